The fourth-order valence-corrected chi connectivity index (χ4v) is 2.15. The smallest absolute Gasteiger partial charge is 0.277 e. The molecule has 1 aromatic heterocycles. The fraction of sp³-hybridized carbons (Fsp3) is 0.273. The minimum absolute atomic E-state index is 0.433. The number of nitrogens with zero attached hydrogens (tertiary/aromatic N) is 1. The molecule has 17 heavy (non-hydrogen) atoms. The van der Waals surface area contributed by atoms with Crippen molar-refractivity contribution in [1.29, 1.82) is 0 Å². The minimum Gasteiger partial charge on any atom is -0.459 e. The third-order valence-electron chi connectivity index (χ3n) is 2.80. The number of furan rings is 1. The maximum absolute atomic E-state index is 11.2. The van der Waals surface area contributed by atoms with Gasteiger partial charge in [0, 0.05) is 12.4 Å². The number of benzene rings is 1. The summed E-state index contributed by atoms with van der Waals surface area (Å²) < 4.78 is 29.1. The highest BCUT2D eigenvalue weighted by Crippen LogP contribution is 2.27. The molecular weight excluding hydrogens is 240 g/mol. The first-order chi connectivity index (χ1) is 7.89. The first-order valence-electron chi connectivity index (χ1n) is 5.14. The van der Waals surface area contributed by atoms with Gasteiger partial charge in [0.25, 0.3) is 10.2 Å². The molecule has 1 aromatic carbocycles. The number of para-hydroxylation sites is 1. The van der Waals surface area contributed by atoms with Crippen LogP contribution in [-0.2, 0) is 10.2 Å². The highest BCUT2D eigenvalue weighted by molar-refractivity contribution is 7.86. The first-order valence-corrected chi connectivity index (χ1v) is 6.64. The van der Waals surface area contributed by atoms with Crippen LogP contribution in [0.3, 0.4) is 0 Å². The molecule has 0 saturated carbocycles. The number of nitrogens with two attached hydrogens (primary N) is 1. The van der Waals surface area contributed by atoms with E-state index in [2.05, 4.69) is 0 Å². The molecule has 0 spiro atoms. The van der Waals surface area contributed by atoms with Crippen molar-refractivity contribution in [3.63, 3.8) is 0 Å². The molecule has 0 amide bonds. The van der Waals surface area contributed by atoms with E-state index in [1.54, 1.807) is 6.92 Å². The fourth-order valence-electron chi connectivity index (χ4n) is 1.61. The predicted octanol–water partition coefficient (Wildman–Crippen LogP) is 1.63. The van der Waals surface area contributed by atoms with Crippen molar-refractivity contribution in [1.82, 2.24) is 4.31 Å². The summed E-state index contributed by atoms with van der Waals surface area (Å²) >= 11 is 0. The van der Waals surface area contributed by atoms with Crippen molar-refractivity contribution in [2.45, 2.75) is 13.0 Å². The van der Waals surface area contributed by atoms with Crippen molar-refractivity contribution in [2.24, 2.45) is 5.14 Å². The maximum atomic E-state index is 11.2. The SMILES string of the molecule is CC(c1cc2ccccc2o1)N(C)S(N)(=O)=O. The zero-order chi connectivity index (χ0) is 12.6. The van der Waals surface area contributed by atoms with Gasteiger partial charge in [0.1, 0.15) is 11.3 Å². The van der Waals surface area contributed by atoms with Crippen LogP contribution >= 0.6 is 0 Å². The normalized spacial score (nSPS) is 14.4. The Kier molecular flexibility index (Phi) is 2.94. The molecule has 0 bridgehead atoms. The van der Waals surface area contributed by atoms with Gasteiger partial charge in [-0.1, -0.05) is 18.2 Å². The summed E-state index contributed by atoms with van der Waals surface area (Å²) in [5.74, 6) is 0.572. The third-order valence-corrected chi connectivity index (χ3v) is 3.92. The molecule has 0 radical (unpaired) electrons. The van der Waals surface area contributed by atoms with E-state index in [0.717, 1.165) is 15.3 Å². The Hall–Kier alpha value is -1.37. The molecule has 1 heterocycles. The molecule has 6 heteroatoms. The van der Waals surface area contributed by atoms with Gasteiger partial charge in [0.15, 0.2) is 0 Å². The molecule has 1 unspecified atom stereocenters. The lowest BCUT2D eigenvalue weighted by atomic mass is 10.2. The van der Waals surface area contributed by atoms with E-state index < -0.39 is 16.3 Å². The van der Waals surface area contributed by atoms with E-state index in [4.69, 9.17) is 9.56 Å². The van der Waals surface area contributed by atoms with E-state index in [1.165, 1.54) is 7.05 Å². The standard InChI is InChI=1S/C11H14N2O3S/c1-8(13(2)17(12,14)15)11-7-9-5-3-4-6-10(9)16-11/h3-8H,1-2H3,(H2,12,14,15). The monoisotopic (exact) mass is 254 g/mol. The summed E-state index contributed by atoms with van der Waals surface area (Å²) in [5.41, 5.74) is 0.733. The first kappa shape index (κ1) is 12.1. The molecule has 2 aromatic rings. The van der Waals surface area contributed by atoms with Crippen LogP contribution < -0.4 is 5.14 Å². The van der Waals surface area contributed by atoms with Gasteiger partial charge >= 0.3 is 0 Å². The third kappa shape index (κ3) is 2.33. The Bertz CT molecular complexity index is 600. The van der Waals surface area contributed by atoms with Crippen LogP contribution in [0.5, 0.6) is 0 Å². The number of hydrogen-bond donors (Lipinski definition) is 1. The molecule has 1 atom stereocenters. The Morgan fingerprint density at radius 2 is 2.00 bits per heavy atom. The molecule has 2 rings (SSSR count). The molecular formula is C11H14N2O3S. The Labute approximate surface area is 100.0 Å². The zero-order valence-corrected chi connectivity index (χ0v) is 10.4. The van der Waals surface area contributed by atoms with Gasteiger partial charge in [0.2, 0.25) is 0 Å². The Morgan fingerprint density at radius 3 is 2.59 bits per heavy atom. The minimum atomic E-state index is -3.71. The zero-order valence-electron chi connectivity index (χ0n) is 9.62. The summed E-state index contributed by atoms with van der Waals surface area (Å²) in [5, 5.41) is 6.01. The second kappa shape index (κ2) is 4.14. The van der Waals surface area contributed by atoms with Crippen molar-refractivity contribution in [3.05, 3.63) is 36.1 Å². The quantitative estimate of drug-likeness (QED) is 0.904. The number of rotatable bonds is 3. The maximum Gasteiger partial charge on any atom is 0.277 e. The van der Waals surface area contributed by atoms with E-state index >= 15 is 0 Å². The Balaban J connectivity index is 2.40. The largest absolute Gasteiger partial charge is 0.459 e. The second-order valence-corrected chi connectivity index (χ2v) is 5.53. The van der Waals surface area contributed by atoms with Gasteiger partial charge in [-0.2, -0.15) is 12.7 Å². The van der Waals surface area contributed by atoms with Gasteiger partial charge in [0.05, 0.1) is 6.04 Å². The van der Waals surface area contributed by atoms with Crippen LogP contribution in [-0.4, -0.2) is 19.8 Å². The molecule has 5 nitrogen and oxygen atoms in total. The highest BCUT2D eigenvalue weighted by atomic mass is 32.2. The van der Waals surface area contributed by atoms with Gasteiger partial charge < -0.3 is 4.42 Å². The molecule has 0 fully saturated rings. The summed E-state index contributed by atoms with van der Waals surface area (Å²) in [6.07, 6.45) is 0. The second-order valence-electron chi connectivity index (χ2n) is 3.92. The highest BCUT2D eigenvalue weighted by Gasteiger charge is 2.23. The van der Waals surface area contributed by atoms with Crippen LogP contribution in [0, 0.1) is 0 Å². The summed E-state index contributed by atoms with van der Waals surface area (Å²) in [4.78, 5) is 0. The molecule has 0 aliphatic heterocycles. The number of fused-ring (bicyclic) bond motifs is 1. The van der Waals surface area contributed by atoms with E-state index in [9.17, 15) is 8.42 Å². The van der Waals surface area contributed by atoms with Crippen molar-refractivity contribution < 1.29 is 12.8 Å². The number of hydrogen-bond acceptors (Lipinski definition) is 3. The van der Waals surface area contributed by atoms with Gasteiger partial charge in [-0.25, -0.2) is 5.14 Å². The van der Waals surface area contributed by atoms with Gasteiger partial charge in [-0.15, -0.1) is 0 Å². The van der Waals surface area contributed by atoms with Crippen LogP contribution in [0.4, 0.5) is 0 Å². The van der Waals surface area contributed by atoms with Gasteiger partial charge in [-0.3, -0.25) is 0 Å². The summed E-state index contributed by atoms with van der Waals surface area (Å²) in [6, 6.07) is 8.90. The Morgan fingerprint density at radius 1 is 1.35 bits per heavy atom. The molecule has 0 aliphatic rings. The summed E-state index contributed by atoms with van der Waals surface area (Å²) in [7, 11) is -2.29. The summed E-state index contributed by atoms with van der Waals surface area (Å²) in [6.45, 7) is 1.72. The lowest BCUT2D eigenvalue weighted by Gasteiger charge is -2.19. The molecule has 2 N–H and O–H groups in total. The van der Waals surface area contributed by atoms with Crippen LogP contribution in [0.1, 0.15) is 18.7 Å². The van der Waals surface area contributed by atoms with E-state index in [1.807, 2.05) is 30.3 Å². The molecule has 0 saturated heterocycles. The average Bonchev–Trinajstić information content (AvgIpc) is 2.69. The average molecular weight is 254 g/mol. The lowest BCUT2D eigenvalue weighted by molar-refractivity contribution is 0.348. The van der Waals surface area contributed by atoms with Crippen LogP contribution in [0.2, 0.25) is 0 Å². The van der Waals surface area contributed by atoms with E-state index in [-0.39, 0.29) is 0 Å². The van der Waals surface area contributed by atoms with Crippen molar-refractivity contribution >= 4 is 21.2 Å². The molecule has 92 valence electrons. The van der Waals surface area contributed by atoms with Crippen molar-refractivity contribution in [3.8, 4) is 0 Å². The van der Waals surface area contributed by atoms with Crippen molar-refractivity contribution in [2.75, 3.05) is 7.05 Å². The topological polar surface area (TPSA) is 76.5 Å². The van der Waals surface area contributed by atoms with E-state index in [0.29, 0.717) is 5.76 Å². The van der Waals surface area contributed by atoms with Gasteiger partial charge in [-0.05, 0) is 19.1 Å². The van der Waals surface area contributed by atoms with Crippen LogP contribution in [0.15, 0.2) is 34.7 Å². The molecule has 0 aliphatic carbocycles. The van der Waals surface area contributed by atoms with Crippen LogP contribution in [0.25, 0.3) is 11.0 Å². The predicted molar refractivity (Wildman–Crippen MR) is 65.5 cm³/mol. The lowest BCUT2D eigenvalue weighted by Crippen LogP contribution is -2.35.